The SMILES string of the molecule is C[S+](C)CCO.[Cl-]. The molecule has 0 spiro atoms. The van der Waals surface area contributed by atoms with Crippen LogP contribution in [0.15, 0.2) is 0 Å². The first-order chi connectivity index (χ1) is 2.77. The number of hydrogen-bond acceptors (Lipinski definition) is 1. The van der Waals surface area contributed by atoms with Crippen molar-refractivity contribution in [2.45, 2.75) is 0 Å². The molecule has 0 aromatic carbocycles. The Balaban J connectivity index is 0. The number of aliphatic hydroxyl groups is 1. The molecule has 0 aromatic heterocycles. The zero-order valence-electron chi connectivity index (χ0n) is 4.65. The second-order valence-electron chi connectivity index (χ2n) is 1.41. The molecule has 0 saturated carbocycles. The average molecular weight is 143 g/mol. The highest BCUT2D eigenvalue weighted by atomic mass is 35.5. The fraction of sp³-hybridized carbons (Fsp3) is 1.00. The Hall–Kier alpha value is 0.600. The van der Waals surface area contributed by atoms with Crippen molar-refractivity contribution in [3.8, 4) is 0 Å². The van der Waals surface area contributed by atoms with Gasteiger partial charge in [-0.05, 0) is 10.9 Å². The molecule has 46 valence electrons. The molecule has 0 saturated heterocycles. The van der Waals surface area contributed by atoms with Gasteiger partial charge < -0.3 is 17.5 Å². The predicted octanol–water partition coefficient (Wildman–Crippen LogP) is -3.14. The van der Waals surface area contributed by atoms with Crippen molar-refractivity contribution in [1.82, 2.24) is 0 Å². The van der Waals surface area contributed by atoms with Gasteiger partial charge in [-0.1, -0.05) is 0 Å². The summed E-state index contributed by atoms with van der Waals surface area (Å²) in [6.45, 7) is 0.343. The molecule has 3 heteroatoms. The molecule has 0 aliphatic carbocycles. The van der Waals surface area contributed by atoms with Crippen molar-refractivity contribution >= 4 is 10.9 Å². The van der Waals surface area contributed by atoms with Crippen LogP contribution in [0.1, 0.15) is 0 Å². The molecular weight excluding hydrogens is 132 g/mol. The summed E-state index contributed by atoms with van der Waals surface area (Å²) in [4.78, 5) is 0. The lowest BCUT2D eigenvalue weighted by molar-refractivity contribution is -0.00000259. The molecule has 0 aromatic rings. The third-order valence-corrected chi connectivity index (χ3v) is 1.50. The maximum absolute atomic E-state index is 8.24. The molecule has 0 atom stereocenters. The molecule has 0 aliphatic heterocycles. The first kappa shape index (κ1) is 10.6. The number of hydrogen-bond donors (Lipinski definition) is 1. The van der Waals surface area contributed by atoms with Crippen LogP contribution in [-0.2, 0) is 10.9 Å². The smallest absolute Gasteiger partial charge is 0.130 e. The van der Waals surface area contributed by atoms with Gasteiger partial charge in [-0.15, -0.1) is 0 Å². The van der Waals surface area contributed by atoms with Crippen molar-refractivity contribution in [3.05, 3.63) is 0 Å². The standard InChI is InChI=1S/C4H11OS.ClH/c1-6(2)4-3-5;/h5H,3-4H2,1-2H3;1H/q+1;/p-1. The highest BCUT2D eigenvalue weighted by Gasteiger charge is 1.95. The maximum Gasteiger partial charge on any atom is 0.130 e. The second-order valence-corrected chi connectivity index (χ2v) is 3.79. The van der Waals surface area contributed by atoms with E-state index < -0.39 is 0 Å². The van der Waals surface area contributed by atoms with E-state index in [-0.39, 0.29) is 12.4 Å². The Bertz CT molecular complexity index is 32.9. The lowest BCUT2D eigenvalue weighted by Gasteiger charge is -1.86. The predicted molar refractivity (Wildman–Crippen MR) is 31.2 cm³/mol. The quantitative estimate of drug-likeness (QED) is 0.404. The highest BCUT2D eigenvalue weighted by Crippen LogP contribution is 1.78. The molecule has 0 amide bonds. The summed E-state index contributed by atoms with van der Waals surface area (Å²) in [6.07, 6.45) is 4.24. The topological polar surface area (TPSA) is 20.2 Å². The third-order valence-electron chi connectivity index (χ3n) is 0.500. The molecule has 0 aliphatic rings. The van der Waals surface area contributed by atoms with Crippen molar-refractivity contribution in [1.29, 1.82) is 0 Å². The summed E-state index contributed by atoms with van der Waals surface area (Å²) < 4.78 is 0. The van der Waals surface area contributed by atoms with Gasteiger partial charge in [0.05, 0.1) is 19.1 Å². The van der Waals surface area contributed by atoms with Gasteiger partial charge in [0.15, 0.2) is 0 Å². The Morgan fingerprint density at radius 3 is 1.86 bits per heavy atom. The summed E-state index contributed by atoms with van der Waals surface area (Å²) in [5.74, 6) is 0.958. The molecule has 0 unspecified atom stereocenters. The van der Waals surface area contributed by atoms with E-state index in [9.17, 15) is 0 Å². The summed E-state index contributed by atoms with van der Waals surface area (Å²) in [7, 11) is 0.434. The van der Waals surface area contributed by atoms with Crippen molar-refractivity contribution in [2.24, 2.45) is 0 Å². The third kappa shape index (κ3) is 10.8. The van der Waals surface area contributed by atoms with E-state index in [1.165, 1.54) is 0 Å². The van der Waals surface area contributed by atoms with E-state index in [1.807, 2.05) is 0 Å². The van der Waals surface area contributed by atoms with Gasteiger partial charge in [0, 0.05) is 0 Å². The van der Waals surface area contributed by atoms with Gasteiger partial charge in [0.2, 0.25) is 0 Å². The van der Waals surface area contributed by atoms with Crippen LogP contribution in [0.3, 0.4) is 0 Å². The van der Waals surface area contributed by atoms with Gasteiger partial charge >= 0.3 is 0 Å². The van der Waals surface area contributed by atoms with Crippen LogP contribution in [-0.4, -0.2) is 30.0 Å². The van der Waals surface area contributed by atoms with Gasteiger partial charge in [0.1, 0.15) is 5.75 Å². The van der Waals surface area contributed by atoms with Crippen molar-refractivity contribution in [2.75, 3.05) is 24.9 Å². The summed E-state index contributed by atoms with van der Waals surface area (Å²) in [5.41, 5.74) is 0. The van der Waals surface area contributed by atoms with E-state index >= 15 is 0 Å². The van der Waals surface area contributed by atoms with Gasteiger partial charge in [0.25, 0.3) is 0 Å². The Kier molecular flexibility index (Phi) is 9.95. The van der Waals surface area contributed by atoms with Crippen LogP contribution in [0.25, 0.3) is 0 Å². The van der Waals surface area contributed by atoms with E-state index in [0.717, 1.165) is 5.75 Å². The van der Waals surface area contributed by atoms with Gasteiger partial charge in [-0.2, -0.15) is 0 Å². The van der Waals surface area contributed by atoms with Crippen LogP contribution in [0.4, 0.5) is 0 Å². The van der Waals surface area contributed by atoms with Crippen molar-refractivity contribution < 1.29 is 17.5 Å². The summed E-state index contributed by atoms with van der Waals surface area (Å²) in [5, 5.41) is 8.24. The molecule has 7 heavy (non-hydrogen) atoms. The zero-order chi connectivity index (χ0) is 4.99. The number of aliphatic hydroxyl groups excluding tert-OH is 1. The molecule has 0 bridgehead atoms. The minimum Gasteiger partial charge on any atom is -1.00 e. The van der Waals surface area contributed by atoms with Crippen LogP contribution in [0.2, 0.25) is 0 Å². The zero-order valence-corrected chi connectivity index (χ0v) is 6.22. The van der Waals surface area contributed by atoms with Crippen LogP contribution in [0, 0.1) is 0 Å². The normalized spacial score (nSPS) is 8.57. The fourth-order valence-corrected chi connectivity index (χ4v) is 0.548. The summed E-state index contributed by atoms with van der Waals surface area (Å²) in [6, 6.07) is 0. The lowest BCUT2D eigenvalue weighted by atomic mass is 10.9. The highest BCUT2D eigenvalue weighted by molar-refractivity contribution is 7.95. The van der Waals surface area contributed by atoms with Crippen LogP contribution >= 0.6 is 0 Å². The molecule has 0 rings (SSSR count). The fourth-order valence-electron chi connectivity index (χ4n) is 0.183. The molecule has 1 nitrogen and oxygen atoms in total. The Morgan fingerprint density at radius 1 is 1.43 bits per heavy atom. The summed E-state index contributed by atoms with van der Waals surface area (Å²) >= 11 is 0. The van der Waals surface area contributed by atoms with Crippen molar-refractivity contribution in [3.63, 3.8) is 0 Å². The molecular formula is C4H11ClOS. The minimum atomic E-state index is 0. The van der Waals surface area contributed by atoms with E-state index in [1.54, 1.807) is 0 Å². The van der Waals surface area contributed by atoms with E-state index in [2.05, 4.69) is 12.5 Å². The Morgan fingerprint density at radius 2 is 1.86 bits per heavy atom. The first-order valence-corrected chi connectivity index (χ1v) is 4.13. The second kappa shape index (κ2) is 6.60. The first-order valence-electron chi connectivity index (χ1n) is 1.92. The number of rotatable bonds is 2. The number of halogens is 1. The lowest BCUT2D eigenvalue weighted by Crippen LogP contribution is -3.00. The van der Waals surface area contributed by atoms with E-state index in [4.69, 9.17) is 5.11 Å². The average Bonchev–Trinajstić information content (AvgIpc) is 1.35. The minimum absolute atomic E-state index is 0. The molecule has 1 N–H and O–H groups in total. The molecule has 0 fully saturated rings. The van der Waals surface area contributed by atoms with Crippen LogP contribution < -0.4 is 12.4 Å². The molecule has 0 radical (unpaired) electrons. The van der Waals surface area contributed by atoms with Crippen LogP contribution in [0.5, 0.6) is 0 Å². The van der Waals surface area contributed by atoms with Gasteiger partial charge in [-0.25, -0.2) is 0 Å². The Labute approximate surface area is 53.9 Å². The maximum atomic E-state index is 8.24. The molecule has 0 heterocycles. The largest absolute Gasteiger partial charge is 1.00 e. The monoisotopic (exact) mass is 142 g/mol. The van der Waals surface area contributed by atoms with Gasteiger partial charge in [-0.3, -0.25) is 0 Å². The van der Waals surface area contributed by atoms with E-state index in [0.29, 0.717) is 17.5 Å².